The lowest BCUT2D eigenvalue weighted by Gasteiger charge is -2.42. The van der Waals surface area contributed by atoms with Crippen LogP contribution >= 0.6 is 0 Å². The van der Waals surface area contributed by atoms with Gasteiger partial charge in [0, 0.05) is 26.1 Å². The van der Waals surface area contributed by atoms with Crippen LogP contribution in [0.15, 0.2) is 10.8 Å². The first-order valence-corrected chi connectivity index (χ1v) is 9.49. The zero-order chi connectivity index (χ0) is 18.3. The molecule has 2 atom stereocenters. The number of halogens is 3. The van der Waals surface area contributed by atoms with Gasteiger partial charge in [0.1, 0.15) is 17.0 Å². The predicted octanol–water partition coefficient (Wildman–Crippen LogP) is 1.79. The van der Waals surface area contributed by atoms with E-state index in [1.165, 1.54) is 4.31 Å². The summed E-state index contributed by atoms with van der Waals surface area (Å²) in [4.78, 5) is 3.44. The standard InChI is InChI=1S/C14H19F3N2O5S/c1-2-10-5-19(7-13(24-10)3-4-22-8-13)25(20,21)6-11-12(14(15,16)17)23-9-18-11/h9-10H,2-8H2,1H3. The van der Waals surface area contributed by atoms with Crippen LogP contribution in [0.3, 0.4) is 0 Å². The highest BCUT2D eigenvalue weighted by Crippen LogP contribution is 2.35. The summed E-state index contributed by atoms with van der Waals surface area (Å²) in [5.41, 5.74) is -1.37. The molecule has 1 aromatic heterocycles. The summed E-state index contributed by atoms with van der Waals surface area (Å²) >= 11 is 0. The lowest BCUT2D eigenvalue weighted by Crippen LogP contribution is -2.57. The molecule has 1 aromatic rings. The van der Waals surface area contributed by atoms with E-state index in [9.17, 15) is 21.6 Å². The Kier molecular flexibility index (Phi) is 4.86. The Hall–Kier alpha value is -1.17. The second-order valence-electron chi connectivity index (χ2n) is 6.31. The van der Waals surface area contributed by atoms with Crippen molar-refractivity contribution in [2.75, 3.05) is 26.3 Å². The molecule has 7 nitrogen and oxygen atoms in total. The molecule has 0 radical (unpaired) electrons. The fraction of sp³-hybridized carbons (Fsp3) is 0.786. The van der Waals surface area contributed by atoms with Crippen LogP contribution in [0.25, 0.3) is 0 Å². The van der Waals surface area contributed by atoms with Crippen molar-refractivity contribution in [3.8, 4) is 0 Å². The normalized spacial score (nSPS) is 28.7. The van der Waals surface area contributed by atoms with Crippen molar-refractivity contribution in [1.82, 2.24) is 9.29 Å². The zero-order valence-corrected chi connectivity index (χ0v) is 14.4. The number of oxazole rings is 1. The van der Waals surface area contributed by atoms with E-state index in [-0.39, 0.29) is 25.8 Å². The van der Waals surface area contributed by atoms with Crippen molar-refractivity contribution in [2.45, 2.75) is 43.4 Å². The van der Waals surface area contributed by atoms with Gasteiger partial charge in [-0.2, -0.15) is 17.5 Å². The van der Waals surface area contributed by atoms with Gasteiger partial charge in [0.05, 0.1) is 12.7 Å². The van der Waals surface area contributed by atoms with Crippen LogP contribution in [0.4, 0.5) is 13.2 Å². The summed E-state index contributed by atoms with van der Waals surface area (Å²) in [6.45, 7) is 2.76. The molecule has 142 valence electrons. The minimum absolute atomic E-state index is 0.0606. The van der Waals surface area contributed by atoms with E-state index in [4.69, 9.17) is 9.47 Å². The van der Waals surface area contributed by atoms with Gasteiger partial charge in [-0.3, -0.25) is 0 Å². The van der Waals surface area contributed by atoms with E-state index in [0.29, 0.717) is 25.8 Å². The number of alkyl halides is 3. The van der Waals surface area contributed by atoms with Crippen LogP contribution in [0.2, 0.25) is 0 Å². The molecule has 0 aliphatic carbocycles. The Bertz CT molecular complexity index is 712. The van der Waals surface area contributed by atoms with E-state index in [1.54, 1.807) is 0 Å². The number of hydrogen-bond acceptors (Lipinski definition) is 6. The average molecular weight is 384 g/mol. The maximum absolute atomic E-state index is 12.9. The molecule has 0 saturated carbocycles. The number of ether oxygens (including phenoxy) is 2. The third-order valence-electron chi connectivity index (χ3n) is 4.42. The highest BCUT2D eigenvalue weighted by molar-refractivity contribution is 7.88. The lowest BCUT2D eigenvalue weighted by atomic mass is 10.00. The quantitative estimate of drug-likeness (QED) is 0.787. The topological polar surface area (TPSA) is 81.9 Å². The fourth-order valence-electron chi connectivity index (χ4n) is 3.14. The monoisotopic (exact) mass is 384 g/mol. The molecule has 2 saturated heterocycles. The highest BCUT2D eigenvalue weighted by Gasteiger charge is 2.47. The van der Waals surface area contributed by atoms with Gasteiger partial charge in [-0.05, 0) is 6.42 Å². The van der Waals surface area contributed by atoms with Gasteiger partial charge in [0.15, 0.2) is 6.39 Å². The van der Waals surface area contributed by atoms with Crippen molar-refractivity contribution in [3.05, 3.63) is 17.8 Å². The Morgan fingerprint density at radius 3 is 2.80 bits per heavy atom. The third kappa shape index (κ3) is 3.83. The first-order valence-electron chi connectivity index (χ1n) is 7.88. The third-order valence-corrected chi connectivity index (χ3v) is 6.13. The van der Waals surface area contributed by atoms with Gasteiger partial charge in [-0.15, -0.1) is 0 Å². The average Bonchev–Trinajstić information content (AvgIpc) is 3.15. The molecule has 0 N–H and O–H groups in total. The molecule has 2 aliphatic heterocycles. The van der Waals surface area contributed by atoms with E-state index in [1.807, 2.05) is 6.92 Å². The Morgan fingerprint density at radius 2 is 2.20 bits per heavy atom. The van der Waals surface area contributed by atoms with Gasteiger partial charge < -0.3 is 13.9 Å². The van der Waals surface area contributed by atoms with Crippen molar-refractivity contribution in [3.63, 3.8) is 0 Å². The molecule has 3 heterocycles. The van der Waals surface area contributed by atoms with Crippen molar-refractivity contribution >= 4 is 10.0 Å². The smallest absolute Gasteiger partial charge is 0.439 e. The zero-order valence-electron chi connectivity index (χ0n) is 13.6. The number of nitrogens with zero attached hydrogens (tertiary/aromatic N) is 2. The first-order chi connectivity index (χ1) is 11.7. The number of sulfonamides is 1. The molecule has 0 aromatic carbocycles. The minimum Gasteiger partial charge on any atom is -0.439 e. The summed E-state index contributed by atoms with van der Waals surface area (Å²) in [5.74, 6) is -2.25. The van der Waals surface area contributed by atoms with Gasteiger partial charge >= 0.3 is 6.18 Å². The molecule has 0 bridgehead atoms. The molecule has 3 rings (SSSR count). The Morgan fingerprint density at radius 1 is 1.44 bits per heavy atom. The SMILES string of the molecule is CCC1CN(S(=O)(=O)Cc2ncoc2C(F)(F)F)CC2(CCOC2)O1. The van der Waals surface area contributed by atoms with Gasteiger partial charge in [0.2, 0.25) is 15.8 Å². The largest absolute Gasteiger partial charge is 0.451 e. The Balaban J connectivity index is 1.83. The van der Waals surface area contributed by atoms with Crippen LogP contribution in [0, 0.1) is 0 Å². The molecular formula is C14H19F3N2O5S. The first kappa shape index (κ1) is 18.6. The van der Waals surface area contributed by atoms with Gasteiger partial charge in [0.25, 0.3) is 0 Å². The molecular weight excluding hydrogens is 365 g/mol. The van der Waals surface area contributed by atoms with Crippen molar-refractivity contribution < 1.29 is 35.5 Å². The van der Waals surface area contributed by atoms with E-state index >= 15 is 0 Å². The lowest BCUT2D eigenvalue weighted by molar-refractivity contribution is -0.153. The van der Waals surface area contributed by atoms with Gasteiger partial charge in [-0.25, -0.2) is 13.4 Å². The number of hydrogen-bond donors (Lipinski definition) is 0. The van der Waals surface area contributed by atoms with Gasteiger partial charge in [-0.1, -0.05) is 6.92 Å². The van der Waals surface area contributed by atoms with Crippen LogP contribution < -0.4 is 0 Å². The van der Waals surface area contributed by atoms with Crippen molar-refractivity contribution in [1.29, 1.82) is 0 Å². The number of rotatable bonds is 4. The summed E-state index contributed by atoms with van der Waals surface area (Å²) < 4.78 is 80.9. The predicted molar refractivity (Wildman–Crippen MR) is 79.0 cm³/mol. The summed E-state index contributed by atoms with van der Waals surface area (Å²) in [6.07, 6.45) is -3.38. The van der Waals surface area contributed by atoms with E-state index < -0.39 is 39.0 Å². The van der Waals surface area contributed by atoms with E-state index in [0.717, 1.165) is 0 Å². The van der Waals surface area contributed by atoms with Crippen LogP contribution in [0.1, 0.15) is 31.2 Å². The van der Waals surface area contributed by atoms with E-state index in [2.05, 4.69) is 9.40 Å². The number of morpholine rings is 1. The summed E-state index contributed by atoms with van der Waals surface area (Å²) in [6, 6.07) is 0. The molecule has 2 aliphatic rings. The second kappa shape index (κ2) is 6.53. The van der Waals surface area contributed by atoms with Crippen LogP contribution in [0.5, 0.6) is 0 Å². The minimum atomic E-state index is -4.79. The molecule has 2 unspecified atom stereocenters. The van der Waals surface area contributed by atoms with Crippen LogP contribution in [-0.4, -0.2) is 55.7 Å². The fourth-order valence-corrected chi connectivity index (χ4v) is 4.70. The molecule has 2 fully saturated rings. The molecule has 0 amide bonds. The highest BCUT2D eigenvalue weighted by atomic mass is 32.2. The van der Waals surface area contributed by atoms with Crippen molar-refractivity contribution in [2.24, 2.45) is 0 Å². The molecule has 11 heteroatoms. The Labute approximate surface area is 143 Å². The molecule has 25 heavy (non-hydrogen) atoms. The second-order valence-corrected chi connectivity index (χ2v) is 8.28. The summed E-state index contributed by atoms with van der Waals surface area (Å²) in [5, 5.41) is 0. The maximum Gasteiger partial charge on any atom is 0.451 e. The summed E-state index contributed by atoms with van der Waals surface area (Å²) in [7, 11) is -4.02. The maximum atomic E-state index is 12.9. The number of aromatic nitrogens is 1. The molecule has 1 spiro atoms. The van der Waals surface area contributed by atoms with Crippen LogP contribution in [-0.2, 0) is 31.4 Å².